The Morgan fingerprint density at radius 2 is 1.76 bits per heavy atom. The van der Waals surface area contributed by atoms with Crippen molar-refractivity contribution in [1.82, 2.24) is 14.4 Å². The van der Waals surface area contributed by atoms with Gasteiger partial charge in [-0.1, -0.05) is 24.3 Å². The van der Waals surface area contributed by atoms with Crippen molar-refractivity contribution in [3.63, 3.8) is 0 Å². The number of anilines is 2. The van der Waals surface area contributed by atoms with Crippen molar-refractivity contribution in [1.29, 1.82) is 0 Å². The Kier molecular flexibility index (Phi) is 3.39. The van der Waals surface area contributed by atoms with E-state index in [0.717, 1.165) is 0 Å². The summed E-state index contributed by atoms with van der Waals surface area (Å²) in [5.41, 5.74) is 6.67. The van der Waals surface area contributed by atoms with Crippen molar-refractivity contribution in [2.45, 2.75) is 0 Å². The lowest BCUT2D eigenvalue weighted by Gasteiger charge is -2.10. The SMILES string of the molecule is NC(=O)c1ccccc1Nc1ccn2c(=O)c3ccccc3nc2n1. The molecule has 0 spiro atoms. The maximum atomic E-state index is 12.5. The maximum absolute atomic E-state index is 12.5. The van der Waals surface area contributed by atoms with E-state index >= 15 is 0 Å². The molecule has 1 amide bonds. The Balaban J connectivity index is 1.84. The Morgan fingerprint density at radius 3 is 2.60 bits per heavy atom. The van der Waals surface area contributed by atoms with Gasteiger partial charge in [-0.05, 0) is 30.3 Å². The van der Waals surface area contributed by atoms with Crippen LogP contribution in [-0.4, -0.2) is 20.3 Å². The molecule has 0 bridgehead atoms. The normalized spacial score (nSPS) is 10.9. The average Bonchev–Trinajstić information content (AvgIpc) is 2.62. The highest BCUT2D eigenvalue weighted by Gasteiger charge is 2.10. The predicted molar refractivity (Wildman–Crippen MR) is 95.0 cm³/mol. The second kappa shape index (κ2) is 5.72. The van der Waals surface area contributed by atoms with Crippen LogP contribution < -0.4 is 16.6 Å². The van der Waals surface area contributed by atoms with Crippen molar-refractivity contribution in [2.24, 2.45) is 5.73 Å². The van der Waals surface area contributed by atoms with Gasteiger partial charge < -0.3 is 11.1 Å². The number of carbonyl (C=O) groups is 1. The molecule has 0 aliphatic carbocycles. The van der Waals surface area contributed by atoms with Crippen LogP contribution in [0.15, 0.2) is 65.6 Å². The zero-order chi connectivity index (χ0) is 17.4. The van der Waals surface area contributed by atoms with Crippen LogP contribution >= 0.6 is 0 Å². The van der Waals surface area contributed by atoms with Crippen molar-refractivity contribution in [3.05, 3.63) is 76.7 Å². The first-order valence-corrected chi connectivity index (χ1v) is 7.57. The van der Waals surface area contributed by atoms with Crippen LogP contribution in [0.1, 0.15) is 10.4 Å². The number of amides is 1. The molecule has 2 aromatic heterocycles. The van der Waals surface area contributed by atoms with Gasteiger partial charge in [-0.15, -0.1) is 0 Å². The Morgan fingerprint density at radius 1 is 1.00 bits per heavy atom. The van der Waals surface area contributed by atoms with Gasteiger partial charge >= 0.3 is 0 Å². The molecule has 4 rings (SSSR count). The van der Waals surface area contributed by atoms with Gasteiger partial charge in [0.2, 0.25) is 5.78 Å². The fraction of sp³-hybridized carbons (Fsp3) is 0. The van der Waals surface area contributed by atoms with Gasteiger partial charge in [0.25, 0.3) is 11.5 Å². The molecule has 0 radical (unpaired) electrons. The standard InChI is InChI=1S/C18H13N5O2/c19-16(24)11-5-1-3-7-13(11)20-15-9-10-23-17(25)12-6-2-4-8-14(12)21-18(23)22-15/h1-10H,(H2,19,24)(H,20,21,22). The fourth-order valence-corrected chi connectivity index (χ4v) is 2.65. The molecule has 0 atom stereocenters. The number of carbonyl (C=O) groups excluding carboxylic acids is 1. The van der Waals surface area contributed by atoms with Crippen LogP contribution in [0.5, 0.6) is 0 Å². The quantitative estimate of drug-likeness (QED) is 0.560. The lowest BCUT2D eigenvalue weighted by molar-refractivity contribution is 0.100. The van der Waals surface area contributed by atoms with E-state index in [0.29, 0.717) is 28.0 Å². The molecule has 0 aliphatic heterocycles. The summed E-state index contributed by atoms with van der Waals surface area (Å²) in [5, 5.41) is 3.58. The lowest BCUT2D eigenvalue weighted by atomic mass is 10.1. The van der Waals surface area contributed by atoms with Crippen molar-refractivity contribution in [2.75, 3.05) is 5.32 Å². The molecule has 0 aliphatic rings. The zero-order valence-electron chi connectivity index (χ0n) is 13.0. The smallest absolute Gasteiger partial charge is 0.266 e. The van der Waals surface area contributed by atoms with Crippen LogP contribution in [0, 0.1) is 0 Å². The number of rotatable bonds is 3. The predicted octanol–water partition coefficient (Wildman–Crippen LogP) is 2.09. The topological polar surface area (TPSA) is 102 Å². The number of nitrogens with one attached hydrogen (secondary N) is 1. The molecule has 4 aromatic rings. The number of aromatic nitrogens is 3. The van der Waals surface area contributed by atoms with Gasteiger partial charge in [-0.3, -0.25) is 14.0 Å². The number of para-hydroxylation sites is 2. The minimum Gasteiger partial charge on any atom is -0.366 e. The molecule has 0 fully saturated rings. The second-order valence-corrected chi connectivity index (χ2v) is 5.45. The number of nitrogens with two attached hydrogens (primary N) is 1. The average molecular weight is 331 g/mol. The highest BCUT2D eigenvalue weighted by molar-refractivity contribution is 5.99. The van der Waals surface area contributed by atoms with Gasteiger partial charge in [0.1, 0.15) is 5.82 Å². The Bertz CT molecular complexity index is 1180. The summed E-state index contributed by atoms with van der Waals surface area (Å²) in [5.74, 6) is 0.186. The van der Waals surface area contributed by atoms with Crippen molar-refractivity contribution >= 4 is 34.1 Å². The minimum atomic E-state index is -0.538. The molecule has 2 aromatic carbocycles. The highest BCUT2D eigenvalue weighted by atomic mass is 16.1. The molecule has 0 unspecified atom stereocenters. The molecule has 0 saturated heterocycles. The number of benzene rings is 2. The van der Waals surface area contributed by atoms with E-state index in [2.05, 4.69) is 15.3 Å². The third kappa shape index (κ3) is 2.57. The van der Waals surface area contributed by atoms with Gasteiger partial charge in [0.15, 0.2) is 0 Å². The van der Waals surface area contributed by atoms with E-state index in [4.69, 9.17) is 5.73 Å². The van der Waals surface area contributed by atoms with Crippen LogP contribution in [0.2, 0.25) is 0 Å². The minimum absolute atomic E-state index is 0.183. The van der Waals surface area contributed by atoms with E-state index < -0.39 is 5.91 Å². The molecule has 25 heavy (non-hydrogen) atoms. The van der Waals surface area contributed by atoms with Gasteiger partial charge in [0.05, 0.1) is 22.2 Å². The molecule has 2 heterocycles. The molecule has 122 valence electrons. The maximum Gasteiger partial charge on any atom is 0.266 e. The van der Waals surface area contributed by atoms with Crippen LogP contribution in [0.4, 0.5) is 11.5 Å². The summed E-state index contributed by atoms with van der Waals surface area (Å²) in [7, 11) is 0. The van der Waals surface area contributed by atoms with Crippen LogP contribution in [0.3, 0.4) is 0 Å². The number of hydrogen-bond donors (Lipinski definition) is 2. The van der Waals surface area contributed by atoms with E-state index in [-0.39, 0.29) is 11.3 Å². The molecular formula is C18H13N5O2. The van der Waals surface area contributed by atoms with E-state index in [1.54, 1.807) is 54.7 Å². The summed E-state index contributed by atoms with van der Waals surface area (Å²) in [6, 6.07) is 15.6. The van der Waals surface area contributed by atoms with Gasteiger partial charge in [-0.2, -0.15) is 4.98 Å². The molecule has 3 N–H and O–H groups in total. The summed E-state index contributed by atoms with van der Waals surface area (Å²) in [4.78, 5) is 32.8. The summed E-state index contributed by atoms with van der Waals surface area (Å²) in [6.45, 7) is 0. The molecular weight excluding hydrogens is 318 g/mol. The van der Waals surface area contributed by atoms with Crippen molar-refractivity contribution in [3.8, 4) is 0 Å². The zero-order valence-corrected chi connectivity index (χ0v) is 13.0. The summed E-state index contributed by atoms with van der Waals surface area (Å²) < 4.78 is 1.38. The summed E-state index contributed by atoms with van der Waals surface area (Å²) >= 11 is 0. The first-order valence-electron chi connectivity index (χ1n) is 7.57. The molecule has 7 nitrogen and oxygen atoms in total. The number of primary amides is 1. The van der Waals surface area contributed by atoms with Gasteiger partial charge in [-0.25, -0.2) is 4.98 Å². The molecule has 0 saturated carbocycles. The largest absolute Gasteiger partial charge is 0.366 e. The lowest BCUT2D eigenvalue weighted by Crippen LogP contribution is -2.17. The monoisotopic (exact) mass is 331 g/mol. The van der Waals surface area contributed by atoms with E-state index in [1.807, 2.05) is 6.07 Å². The third-order valence-corrected chi connectivity index (χ3v) is 3.85. The Hall–Kier alpha value is -3.74. The van der Waals surface area contributed by atoms with E-state index in [1.165, 1.54) is 4.40 Å². The number of nitrogens with zero attached hydrogens (tertiary/aromatic N) is 3. The Labute approximate surface area is 141 Å². The van der Waals surface area contributed by atoms with Gasteiger partial charge in [0, 0.05) is 6.20 Å². The fourth-order valence-electron chi connectivity index (χ4n) is 2.65. The number of fused-ring (bicyclic) bond motifs is 2. The van der Waals surface area contributed by atoms with Crippen molar-refractivity contribution < 1.29 is 4.79 Å². The van der Waals surface area contributed by atoms with Crippen LogP contribution in [-0.2, 0) is 0 Å². The van der Waals surface area contributed by atoms with E-state index in [9.17, 15) is 9.59 Å². The first kappa shape index (κ1) is 14.8. The molecule has 7 heteroatoms. The third-order valence-electron chi connectivity index (χ3n) is 3.85. The summed E-state index contributed by atoms with van der Waals surface area (Å²) in [6.07, 6.45) is 1.60. The number of hydrogen-bond acceptors (Lipinski definition) is 5. The first-order chi connectivity index (χ1) is 12.1. The second-order valence-electron chi connectivity index (χ2n) is 5.45. The van der Waals surface area contributed by atoms with Crippen LogP contribution in [0.25, 0.3) is 16.7 Å². The highest BCUT2D eigenvalue weighted by Crippen LogP contribution is 2.19.